The highest BCUT2D eigenvalue weighted by Gasteiger charge is 2.17. The molecule has 2 N–H and O–H groups in total. The number of amides is 1. The van der Waals surface area contributed by atoms with Crippen molar-refractivity contribution < 1.29 is 28.4 Å². The fourth-order valence-corrected chi connectivity index (χ4v) is 5.04. The minimum absolute atomic E-state index is 0.139. The van der Waals surface area contributed by atoms with Crippen LogP contribution in [0.1, 0.15) is 22.3 Å². The zero-order valence-corrected chi connectivity index (χ0v) is 24.3. The first-order valence-corrected chi connectivity index (χ1v) is 14.0. The summed E-state index contributed by atoms with van der Waals surface area (Å²) in [5.41, 5.74) is 11.5. The maximum Gasteiger partial charge on any atom is 0.259 e. The van der Waals surface area contributed by atoms with Crippen LogP contribution in [0.15, 0.2) is 76.9 Å². The zero-order chi connectivity index (χ0) is 30.6. The molecule has 0 saturated carbocycles. The first-order chi connectivity index (χ1) is 21.4. The molecule has 0 spiro atoms. The van der Waals surface area contributed by atoms with Crippen molar-refractivity contribution in [3.05, 3.63) is 99.6 Å². The molecule has 0 bridgehead atoms. The van der Waals surface area contributed by atoms with Gasteiger partial charge in [0.2, 0.25) is 0 Å². The summed E-state index contributed by atoms with van der Waals surface area (Å²) in [5, 5.41) is 17.3. The Morgan fingerprint density at radius 3 is 2.59 bits per heavy atom. The Morgan fingerprint density at radius 1 is 0.977 bits per heavy atom. The van der Waals surface area contributed by atoms with E-state index in [1.807, 2.05) is 49.4 Å². The van der Waals surface area contributed by atoms with Crippen molar-refractivity contribution >= 4 is 34.6 Å². The van der Waals surface area contributed by atoms with Crippen molar-refractivity contribution in [1.29, 1.82) is 5.26 Å². The molecule has 0 saturated heterocycles. The molecule has 1 aliphatic heterocycles. The van der Waals surface area contributed by atoms with Crippen molar-refractivity contribution in [2.24, 2.45) is 5.73 Å². The molecule has 0 atom stereocenters. The number of rotatable bonds is 9. The molecule has 11 heteroatoms. The minimum atomic E-state index is -0.868. The van der Waals surface area contributed by atoms with Crippen molar-refractivity contribution in [1.82, 2.24) is 10.3 Å². The SMILES string of the molecule is Cc1c(COc2cc(OCc3ccc4nonc4c3)c(C=C(C#N)C(N)=O)cc2Cl)cccc1-c1ccc2c(c1)OCCO2. The molecule has 44 heavy (non-hydrogen) atoms. The maximum atomic E-state index is 11.8. The summed E-state index contributed by atoms with van der Waals surface area (Å²) in [5.74, 6) is 1.27. The van der Waals surface area contributed by atoms with Crippen LogP contribution in [0, 0.1) is 18.3 Å². The van der Waals surface area contributed by atoms with Gasteiger partial charge in [-0.05, 0) is 81.5 Å². The smallest absolute Gasteiger partial charge is 0.259 e. The number of aromatic nitrogens is 2. The second-order valence-corrected chi connectivity index (χ2v) is 10.4. The number of hydrogen-bond acceptors (Lipinski definition) is 9. The van der Waals surface area contributed by atoms with Crippen LogP contribution in [0.5, 0.6) is 23.0 Å². The van der Waals surface area contributed by atoms with Crippen LogP contribution in [-0.4, -0.2) is 29.4 Å². The average Bonchev–Trinajstić information content (AvgIpc) is 3.51. The molecule has 0 fully saturated rings. The number of nitrogens with two attached hydrogens (primary N) is 1. The Morgan fingerprint density at radius 2 is 1.77 bits per heavy atom. The largest absolute Gasteiger partial charge is 0.488 e. The standard InChI is InChI=1S/C33H25ClN4O6/c1-19-22(3-2-4-25(19)21-6-8-29-32(14-21)41-10-9-40-29)18-43-31-15-30(23(13-26(31)34)12-24(16-35)33(36)39)42-17-20-5-7-27-28(11-20)38-44-37-27/h2-8,11-15H,9-10,17-18H2,1H3,(H2,36,39). The number of halogens is 1. The van der Waals surface area contributed by atoms with Gasteiger partial charge in [-0.25, -0.2) is 4.63 Å². The molecule has 220 valence electrons. The number of fused-ring (bicyclic) bond motifs is 2. The third-order valence-electron chi connectivity index (χ3n) is 7.14. The van der Waals surface area contributed by atoms with Gasteiger partial charge in [0.25, 0.3) is 5.91 Å². The Bertz CT molecular complexity index is 1960. The van der Waals surface area contributed by atoms with Crippen LogP contribution in [0.3, 0.4) is 0 Å². The normalized spacial score (nSPS) is 12.5. The van der Waals surface area contributed by atoms with Crippen LogP contribution in [-0.2, 0) is 18.0 Å². The van der Waals surface area contributed by atoms with E-state index in [1.54, 1.807) is 30.3 Å². The molecular weight excluding hydrogens is 584 g/mol. The molecule has 0 unspecified atom stereocenters. The van der Waals surface area contributed by atoms with E-state index in [9.17, 15) is 10.1 Å². The van der Waals surface area contributed by atoms with E-state index in [0.717, 1.165) is 39.3 Å². The molecule has 0 radical (unpaired) electrons. The second-order valence-electron chi connectivity index (χ2n) is 9.97. The highest BCUT2D eigenvalue weighted by Crippen LogP contribution is 2.38. The Balaban J connectivity index is 1.27. The van der Waals surface area contributed by atoms with Crippen LogP contribution in [0.25, 0.3) is 28.2 Å². The van der Waals surface area contributed by atoms with Gasteiger partial charge in [0.1, 0.15) is 60.6 Å². The van der Waals surface area contributed by atoms with Gasteiger partial charge in [-0.15, -0.1) is 0 Å². The molecule has 1 amide bonds. The summed E-state index contributed by atoms with van der Waals surface area (Å²) in [6, 6.07) is 22.3. The molecule has 1 aliphatic rings. The lowest BCUT2D eigenvalue weighted by Gasteiger charge is -2.20. The number of carbonyl (C=O) groups excluding carboxylic acids is 1. The Kier molecular flexibility index (Phi) is 8.04. The van der Waals surface area contributed by atoms with E-state index < -0.39 is 5.91 Å². The molecule has 0 aliphatic carbocycles. The fraction of sp³-hybridized carbons (Fsp3) is 0.152. The van der Waals surface area contributed by atoms with Gasteiger partial charge in [-0.3, -0.25) is 4.79 Å². The molecule has 4 aromatic carbocycles. The number of hydrogen-bond donors (Lipinski definition) is 1. The van der Waals surface area contributed by atoms with Gasteiger partial charge in [0, 0.05) is 11.6 Å². The van der Waals surface area contributed by atoms with E-state index >= 15 is 0 Å². The van der Waals surface area contributed by atoms with Gasteiger partial charge < -0.3 is 24.7 Å². The predicted molar refractivity (Wildman–Crippen MR) is 162 cm³/mol. The summed E-state index contributed by atoms with van der Waals surface area (Å²) in [4.78, 5) is 11.8. The van der Waals surface area contributed by atoms with Gasteiger partial charge in [0.05, 0.1) is 5.02 Å². The van der Waals surface area contributed by atoms with Crippen molar-refractivity contribution in [2.45, 2.75) is 20.1 Å². The molecule has 1 aromatic heterocycles. The number of nitrogens with zero attached hydrogens (tertiary/aromatic N) is 3. The third-order valence-corrected chi connectivity index (χ3v) is 7.44. The summed E-state index contributed by atoms with van der Waals surface area (Å²) in [6.45, 7) is 3.44. The summed E-state index contributed by atoms with van der Waals surface area (Å²) >= 11 is 6.62. The van der Waals surface area contributed by atoms with Crippen molar-refractivity contribution in [3.63, 3.8) is 0 Å². The Hall–Kier alpha value is -5.53. The maximum absolute atomic E-state index is 11.8. The first-order valence-electron chi connectivity index (χ1n) is 13.6. The molecule has 10 nitrogen and oxygen atoms in total. The number of primary amides is 1. The highest BCUT2D eigenvalue weighted by atomic mass is 35.5. The lowest BCUT2D eigenvalue weighted by Crippen LogP contribution is -2.15. The van der Waals surface area contributed by atoms with Gasteiger partial charge in [0.15, 0.2) is 11.5 Å². The van der Waals surface area contributed by atoms with Crippen LogP contribution < -0.4 is 24.7 Å². The average molecular weight is 609 g/mol. The zero-order valence-electron chi connectivity index (χ0n) is 23.5. The van der Waals surface area contributed by atoms with Gasteiger partial charge in [-0.2, -0.15) is 5.26 Å². The van der Waals surface area contributed by atoms with Gasteiger partial charge >= 0.3 is 0 Å². The monoisotopic (exact) mass is 608 g/mol. The predicted octanol–water partition coefficient (Wildman–Crippen LogP) is 6.17. The highest BCUT2D eigenvalue weighted by molar-refractivity contribution is 6.32. The van der Waals surface area contributed by atoms with E-state index in [0.29, 0.717) is 41.3 Å². The molecule has 5 aromatic rings. The van der Waals surface area contributed by atoms with Crippen LogP contribution in [0.4, 0.5) is 0 Å². The molecule has 6 rings (SSSR count). The summed E-state index contributed by atoms with van der Waals surface area (Å²) in [6.07, 6.45) is 1.33. The minimum Gasteiger partial charge on any atom is -0.488 e. The van der Waals surface area contributed by atoms with E-state index in [1.165, 1.54) is 6.08 Å². The van der Waals surface area contributed by atoms with Crippen molar-refractivity contribution in [3.8, 4) is 40.2 Å². The van der Waals surface area contributed by atoms with Crippen molar-refractivity contribution in [2.75, 3.05) is 13.2 Å². The molecular formula is C33H25ClN4O6. The Labute approximate surface area is 257 Å². The van der Waals surface area contributed by atoms with Crippen LogP contribution in [0.2, 0.25) is 5.02 Å². The second kappa shape index (κ2) is 12.4. The number of ether oxygens (including phenoxy) is 4. The lowest BCUT2D eigenvalue weighted by atomic mass is 9.96. The van der Waals surface area contributed by atoms with E-state index in [4.69, 9.17) is 40.9 Å². The number of carbonyl (C=O) groups is 1. The fourth-order valence-electron chi connectivity index (χ4n) is 4.81. The summed E-state index contributed by atoms with van der Waals surface area (Å²) in [7, 11) is 0. The quantitative estimate of drug-likeness (QED) is 0.153. The van der Waals surface area contributed by atoms with E-state index in [2.05, 4.69) is 10.3 Å². The van der Waals surface area contributed by atoms with Crippen LogP contribution >= 0.6 is 11.6 Å². The lowest BCUT2D eigenvalue weighted by molar-refractivity contribution is -0.114. The number of nitriles is 1. The third kappa shape index (κ3) is 6.00. The summed E-state index contributed by atoms with van der Waals surface area (Å²) < 4.78 is 28.5. The first kappa shape index (κ1) is 28.6. The van der Waals surface area contributed by atoms with E-state index in [-0.39, 0.29) is 23.8 Å². The van der Waals surface area contributed by atoms with Gasteiger partial charge in [-0.1, -0.05) is 41.9 Å². The number of benzene rings is 4. The molecule has 2 heterocycles. The topological polar surface area (TPSA) is 143 Å².